The van der Waals surface area contributed by atoms with Crippen LogP contribution in [0.2, 0.25) is 0 Å². The first-order valence-electron chi connectivity index (χ1n) is 8.38. The van der Waals surface area contributed by atoms with Crippen LogP contribution in [0.5, 0.6) is 0 Å². The lowest BCUT2D eigenvalue weighted by atomic mass is 10.00. The third-order valence-electron chi connectivity index (χ3n) is 3.90. The van der Waals surface area contributed by atoms with Gasteiger partial charge in [0.05, 0.1) is 5.92 Å². The molecule has 0 aromatic heterocycles. The maximum absolute atomic E-state index is 12.0. The number of hydrogen-bond donors (Lipinski definition) is 1. The molecule has 7 heteroatoms. The lowest BCUT2D eigenvalue weighted by molar-refractivity contribution is -0.564. The van der Waals surface area contributed by atoms with Gasteiger partial charge in [-0.05, 0) is 26.7 Å². The molecular formula is C16H32O7. The van der Waals surface area contributed by atoms with E-state index in [9.17, 15) is 4.79 Å². The van der Waals surface area contributed by atoms with E-state index in [1.165, 1.54) is 6.92 Å². The minimum Gasteiger partial charge on any atom is -0.295 e. The van der Waals surface area contributed by atoms with Crippen molar-refractivity contribution >= 4 is 5.97 Å². The molecule has 23 heavy (non-hydrogen) atoms. The maximum Gasteiger partial charge on any atom is 0.345 e. The van der Waals surface area contributed by atoms with Crippen molar-refractivity contribution in [1.82, 2.24) is 0 Å². The SMILES string of the molecule is CCCCC(CC)C(=O)OOC(C)(CC)OOC(C)(CC)OO. The zero-order valence-electron chi connectivity index (χ0n) is 15.2. The van der Waals surface area contributed by atoms with Crippen LogP contribution in [0.25, 0.3) is 0 Å². The summed E-state index contributed by atoms with van der Waals surface area (Å²) < 4.78 is 0. The van der Waals surface area contributed by atoms with Gasteiger partial charge in [-0.25, -0.2) is 14.9 Å². The highest BCUT2D eigenvalue weighted by atomic mass is 17.3. The van der Waals surface area contributed by atoms with Crippen LogP contribution in [0.1, 0.15) is 80.1 Å². The summed E-state index contributed by atoms with van der Waals surface area (Å²) in [4.78, 5) is 36.6. The predicted molar refractivity (Wildman–Crippen MR) is 83.8 cm³/mol. The summed E-state index contributed by atoms with van der Waals surface area (Å²) in [6, 6.07) is 0. The molecule has 0 amide bonds. The van der Waals surface area contributed by atoms with E-state index in [2.05, 4.69) is 11.8 Å². The zero-order chi connectivity index (χ0) is 17.9. The second-order valence-corrected chi connectivity index (χ2v) is 5.97. The molecule has 0 aliphatic heterocycles. The van der Waals surface area contributed by atoms with E-state index in [1.807, 2.05) is 6.92 Å². The first kappa shape index (κ1) is 22.3. The molecule has 3 atom stereocenters. The Kier molecular flexibility index (Phi) is 10.6. The van der Waals surface area contributed by atoms with Gasteiger partial charge in [0.15, 0.2) is 0 Å². The van der Waals surface area contributed by atoms with E-state index < -0.39 is 17.5 Å². The van der Waals surface area contributed by atoms with Crippen LogP contribution >= 0.6 is 0 Å². The Bertz CT molecular complexity index is 330. The monoisotopic (exact) mass is 336 g/mol. The van der Waals surface area contributed by atoms with Gasteiger partial charge < -0.3 is 0 Å². The van der Waals surface area contributed by atoms with Crippen molar-refractivity contribution in [3.63, 3.8) is 0 Å². The lowest BCUT2D eigenvalue weighted by Gasteiger charge is -2.30. The Balaban J connectivity index is 4.52. The fourth-order valence-electron chi connectivity index (χ4n) is 1.58. The van der Waals surface area contributed by atoms with Gasteiger partial charge >= 0.3 is 5.97 Å². The third kappa shape index (κ3) is 8.08. The first-order valence-corrected chi connectivity index (χ1v) is 8.38. The van der Waals surface area contributed by atoms with Crippen molar-refractivity contribution < 1.29 is 34.5 Å². The largest absolute Gasteiger partial charge is 0.345 e. The van der Waals surface area contributed by atoms with Gasteiger partial charge in [-0.2, -0.15) is 9.78 Å². The average Bonchev–Trinajstić information content (AvgIpc) is 2.58. The number of carbonyl (C=O) groups excluding carboxylic acids is 1. The highest BCUT2D eigenvalue weighted by molar-refractivity contribution is 5.71. The second kappa shape index (κ2) is 10.9. The number of carbonyl (C=O) groups is 1. The quantitative estimate of drug-likeness (QED) is 0.304. The molecule has 0 saturated heterocycles. The van der Waals surface area contributed by atoms with E-state index in [4.69, 9.17) is 24.8 Å². The smallest absolute Gasteiger partial charge is 0.295 e. The van der Waals surface area contributed by atoms with Crippen LogP contribution in [-0.4, -0.2) is 22.8 Å². The molecule has 0 spiro atoms. The molecule has 0 aromatic carbocycles. The molecule has 0 fully saturated rings. The molecule has 1 N–H and O–H groups in total. The summed E-state index contributed by atoms with van der Waals surface area (Å²) in [7, 11) is 0. The van der Waals surface area contributed by atoms with Crippen molar-refractivity contribution in [2.24, 2.45) is 5.92 Å². The van der Waals surface area contributed by atoms with Crippen molar-refractivity contribution in [2.75, 3.05) is 0 Å². The van der Waals surface area contributed by atoms with Gasteiger partial charge in [-0.1, -0.05) is 40.5 Å². The van der Waals surface area contributed by atoms with Crippen LogP contribution < -0.4 is 0 Å². The molecular weight excluding hydrogens is 304 g/mol. The summed E-state index contributed by atoms with van der Waals surface area (Å²) in [5.41, 5.74) is 0. The summed E-state index contributed by atoms with van der Waals surface area (Å²) in [6.45, 7) is 10.6. The predicted octanol–water partition coefficient (Wildman–Crippen LogP) is 4.37. The van der Waals surface area contributed by atoms with E-state index in [0.717, 1.165) is 19.3 Å². The molecule has 0 aromatic rings. The average molecular weight is 336 g/mol. The Morgan fingerprint density at radius 1 is 1.00 bits per heavy atom. The fraction of sp³-hybridized carbons (Fsp3) is 0.938. The van der Waals surface area contributed by atoms with E-state index in [1.54, 1.807) is 20.8 Å². The summed E-state index contributed by atoms with van der Waals surface area (Å²) in [5, 5.41) is 8.83. The fourth-order valence-corrected chi connectivity index (χ4v) is 1.58. The van der Waals surface area contributed by atoms with Gasteiger partial charge in [0.25, 0.3) is 0 Å². The molecule has 3 unspecified atom stereocenters. The van der Waals surface area contributed by atoms with Gasteiger partial charge in [-0.3, -0.25) is 4.89 Å². The number of unbranched alkanes of at least 4 members (excludes halogenated alkanes) is 1. The van der Waals surface area contributed by atoms with Crippen LogP contribution in [0, 0.1) is 5.92 Å². The van der Waals surface area contributed by atoms with Crippen molar-refractivity contribution in [1.29, 1.82) is 0 Å². The van der Waals surface area contributed by atoms with E-state index >= 15 is 0 Å². The molecule has 0 aliphatic rings. The molecule has 0 radical (unpaired) electrons. The molecule has 138 valence electrons. The van der Waals surface area contributed by atoms with E-state index in [0.29, 0.717) is 19.3 Å². The van der Waals surface area contributed by atoms with Crippen molar-refractivity contribution in [3.05, 3.63) is 0 Å². The summed E-state index contributed by atoms with van der Waals surface area (Å²) in [6.07, 6.45) is 4.14. The molecule has 0 heterocycles. The lowest BCUT2D eigenvalue weighted by Crippen LogP contribution is -2.39. The molecule has 0 saturated carbocycles. The molecule has 0 bridgehead atoms. The molecule has 7 nitrogen and oxygen atoms in total. The molecule has 0 aliphatic carbocycles. The molecule has 0 rings (SSSR count). The first-order chi connectivity index (χ1) is 10.8. The van der Waals surface area contributed by atoms with E-state index in [-0.39, 0.29) is 5.92 Å². The van der Waals surface area contributed by atoms with Crippen molar-refractivity contribution in [2.45, 2.75) is 91.6 Å². The Morgan fingerprint density at radius 2 is 1.57 bits per heavy atom. The minimum absolute atomic E-state index is 0.196. The van der Waals surface area contributed by atoms with Gasteiger partial charge in [-0.15, -0.1) is 4.89 Å². The van der Waals surface area contributed by atoms with Gasteiger partial charge in [0.1, 0.15) is 0 Å². The highest BCUT2D eigenvalue weighted by Gasteiger charge is 2.35. The summed E-state index contributed by atoms with van der Waals surface area (Å²) >= 11 is 0. The number of hydrogen-bond acceptors (Lipinski definition) is 7. The Morgan fingerprint density at radius 3 is 2.00 bits per heavy atom. The standard InChI is InChI=1S/C16H32O7/c1-7-11-12-13(8-2)14(17)19-21-16(6,10-4)23-22-15(5,9-3)20-18/h13,18H,7-12H2,1-6H3. The topological polar surface area (TPSA) is 83.5 Å². The van der Waals surface area contributed by atoms with Crippen LogP contribution in [0.15, 0.2) is 0 Å². The minimum atomic E-state index is -1.32. The number of rotatable bonds is 13. The zero-order valence-corrected chi connectivity index (χ0v) is 15.2. The van der Waals surface area contributed by atoms with Gasteiger partial charge in [0, 0.05) is 12.8 Å². The van der Waals surface area contributed by atoms with Crippen molar-refractivity contribution in [3.8, 4) is 0 Å². The second-order valence-electron chi connectivity index (χ2n) is 5.97. The normalized spacial score (nSPS) is 18.0. The third-order valence-corrected chi connectivity index (χ3v) is 3.90. The van der Waals surface area contributed by atoms with Crippen LogP contribution in [-0.2, 0) is 29.2 Å². The van der Waals surface area contributed by atoms with Crippen LogP contribution in [0.3, 0.4) is 0 Å². The highest BCUT2D eigenvalue weighted by Crippen LogP contribution is 2.25. The Hall–Kier alpha value is -0.730. The van der Waals surface area contributed by atoms with Crippen LogP contribution in [0.4, 0.5) is 0 Å². The summed E-state index contributed by atoms with van der Waals surface area (Å²) in [5.74, 6) is -3.23. The van der Waals surface area contributed by atoms with Gasteiger partial charge in [0.2, 0.25) is 11.6 Å². The Labute approximate surface area is 139 Å². The maximum atomic E-state index is 12.0.